The van der Waals surface area contributed by atoms with Gasteiger partial charge in [0.05, 0.1) is 0 Å². The number of nitrogens with zero attached hydrogens (tertiary/aromatic N) is 1. The zero-order chi connectivity index (χ0) is 13.6. The van der Waals surface area contributed by atoms with Crippen molar-refractivity contribution >= 4 is 16.0 Å². The first kappa shape index (κ1) is 15.4. The second-order valence-corrected chi connectivity index (χ2v) is 6.69. The third-order valence-electron chi connectivity index (χ3n) is 3.03. The third-order valence-corrected chi connectivity index (χ3v) is 4.76. The molecule has 1 rings (SSSR count). The maximum atomic E-state index is 11.9. The SMILES string of the molecule is CCCN(CC1CCCNC1)S(=O)(=O)CC(=O)O. The Kier molecular flexibility index (Phi) is 6.04. The Balaban J connectivity index is 2.65. The lowest BCUT2D eigenvalue weighted by Crippen LogP contribution is -2.43. The summed E-state index contributed by atoms with van der Waals surface area (Å²) in [6.07, 6.45) is 2.73. The van der Waals surface area contributed by atoms with Gasteiger partial charge < -0.3 is 10.4 Å². The summed E-state index contributed by atoms with van der Waals surface area (Å²) < 4.78 is 25.2. The molecule has 0 spiro atoms. The Labute approximate surface area is 108 Å². The monoisotopic (exact) mass is 278 g/mol. The van der Waals surface area contributed by atoms with Crippen molar-refractivity contribution in [3.63, 3.8) is 0 Å². The van der Waals surface area contributed by atoms with Gasteiger partial charge in [0.2, 0.25) is 10.0 Å². The van der Waals surface area contributed by atoms with Gasteiger partial charge in [0.25, 0.3) is 0 Å². The fraction of sp³-hybridized carbons (Fsp3) is 0.909. The van der Waals surface area contributed by atoms with Crippen molar-refractivity contribution in [2.75, 3.05) is 31.9 Å². The molecule has 1 atom stereocenters. The molecule has 6 nitrogen and oxygen atoms in total. The average molecular weight is 278 g/mol. The van der Waals surface area contributed by atoms with E-state index in [-0.39, 0.29) is 5.92 Å². The molecule has 1 aliphatic heterocycles. The van der Waals surface area contributed by atoms with E-state index in [9.17, 15) is 13.2 Å². The molecule has 1 unspecified atom stereocenters. The number of hydrogen-bond donors (Lipinski definition) is 2. The summed E-state index contributed by atoms with van der Waals surface area (Å²) in [5.41, 5.74) is 0. The Hall–Kier alpha value is -0.660. The van der Waals surface area contributed by atoms with Crippen LogP contribution in [0.2, 0.25) is 0 Å². The van der Waals surface area contributed by atoms with Crippen LogP contribution in [0.4, 0.5) is 0 Å². The molecule has 1 aliphatic rings. The maximum Gasteiger partial charge on any atom is 0.320 e. The average Bonchev–Trinajstić information content (AvgIpc) is 2.28. The van der Waals surface area contributed by atoms with Gasteiger partial charge >= 0.3 is 5.97 Å². The predicted molar refractivity (Wildman–Crippen MR) is 68.9 cm³/mol. The molecule has 1 heterocycles. The largest absolute Gasteiger partial charge is 0.480 e. The first-order valence-electron chi connectivity index (χ1n) is 6.36. The minimum absolute atomic E-state index is 0.286. The Morgan fingerprint density at radius 2 is 2.22 bits per heavy atom. The summed E-state index contributed by atoms with van der Waals surface area (Å²) in [5.74, 6) is -1.82. The van der Waals surface area contributed by atoms with E-state index in [2.05, 4.69) is 5.32 Å². The topological polar surface area (TPSA) is 86.7 Å². The molecule has 18 heavy (non-hydrogen) atoms. The van der Waals surface area contributed by atoms with Gasteiger partial charge in [-0.2, -0.15) is 0 Å². The summed E-state index contributed by atoms with van der Waals surface area (Å²) in [7, 11) is -3.68. The van der Waals surface area contributed by atoms with Crippen molar-refractivity contribution in [1.82, 2.24) is 9.62 Å². The van der Waals surface area contributed by atoms with Crippen LogP contribution in [0.25, 0.3) is 0 Å². The zero-order valence-corrected chi connectivity index (χ0v) is 11.6. The van der Waals surface area contributed by atoms with Crippen LogP contribution < -0.4 is 5.32 Å². The number of piperidine rings is 1. The highest BCUT2D eigenvalue weighted by atomic mass is 32.2. The molecule has 2 N–H and O–H groups in total. The molecule has 0 bridgehead atoms. The van der Waals surface area contributed by atoms with Gasteiger partial charge in [-0.25, -0.2) is 12.7 Å². The zero-order valence-electron chi connectivity index (χ0n) is 10.8. The summed E-state index contributed by atoms with van der Waals surface area (Å²) in [6.45, 7) is 4.50. The third kappa shape index (κ3) is 4.91. The van der Waals surface area contributed by atoms with Crippen LogP contribution in [0.15, 0.2) is 0 Å². The lowest BCUT2D eigenvalue weighted by Gasteiger charge is -2.29. The molecule has 0 aromatic heterocycles. The molecule has 1 saturated heterocycles. The Morgan fingerprint density at radius 1 is 1.50 bits per heavy atom. The lowest BCUT2D eigenvalue weighted by molar-refractivity contribution is -0.134. The highest BCUT2D eigenvalue weighted by molar-refractivity contribution is 7.89. The van der Waals surface area contributed by atoms with Crippen molar-refractivity contribution in [2.24, 2.45) is 5.92 Å². The molecule has 0 saturated carbocycles. The van der Waals surface area contributed by atoms with E-state index in [4.69, 9.17) is 5.11 Å². The number of carboxylic acid groups (broad SMARTS) is 1. The maximum absolute atomic E-state index is 11.9. The fourth-order valence-corrected chi connectivity index (χ4v) is 3.60. The van der Waals surface area contributed by atoms with Crippen LogP contribution >= 0.6 is 0 Å². The number of hydrogen-bond acceptors (Lipinski definition) is 4. The van der Waals surface area contributed by atoms with Crippen molar-refractivity contribution in [3.05, 3.63) is 0 Å². The predicted octanol–water partition coefficient (Wildman–Crippen LogP) is 0.112. The number of sulfonamides is 1. The molecule has 0 aromatic carbocycles. The smallest absolute Gasteiger partial charge is 0.320 e. The van der Waals surface area contributed by atoms with Crippen molar-refractivity contribution in [3.8, 4) is 0 Å². The number of nitrogens with one attached hydrogen (secondary N) is 1. The van der Waals surface area contributed by atoms with E-state index in [0.29, 0.717) is 19.5 Å². The number of rotatable bonds is 7. The van der Waals surface area contributed by atoms with Crippen molar-refractivity contribution in [1.29, 1.82) is 0 Å². The molecule has 106 valence electrons. The van der Waals surface area contributed by atoms with Gasteiger partial charge in [-0.1, -0.05) is 6.92 Å². The minimum atomic E-state index is -3.68. The van der Waals surface area contributed by atoms with E-state index >= 15 is 0 Å². The van der Waals surface area contributed by atoms with E-state index in [1.165, 1.54) is 4.31 Å². The molecule has 0 amide bonds. The summed E-state index contributed by atoms with van der Waals surface area (Å²) in [6, 6.07) is 0. The molecule has 7 heteroatoms. The first-order chi connectivity index (χ1) is 8.45. The number of aliphatic carboxylic acids is 1. The molecular formula is C11H22N2O4S. The highest BCUT2D eigenvalue weighted by Crippen LogP contribution is 2.14. The molecule has 0 aliphatic carbocycles. The van der Waals surface area contributed by atoms with Crippen LogP contribution in [0, 0.1) is 5.92 Å². The van der Waals surface area contributed by atoms with Gasteiger partial charge in [0, 0.05) is 13.1 Å². The van der Waals surface area contributed by atoms with E-state index < -0.39 is 21.7 Å². The van der Waals surface area contributed by atoms with Gasteiger partial charge in [-0.3, -0.25) is 4.79 Å². The Morgan fingerprint density at radius 3 is 2.72 bits per heavy atom. The lowest BCUT2D eigenvalue weighted by atomic mass is 10.00. The van der Waals surface area contributed by atoms with Gasteiger partial charge in [-0.15, -0.1) is 0 Å². The first-order valence-corrected chi connectivity index (χ1v) is 7.97. The van der Waals surface area contributed by atoms with E-state index in [1.54, 1.807) is 0 Å². The summed E-state index contributed by atoms with van der Waals surface area (Å²) in [4.78, 5) is 10.6. The summed E-state index contributed by atoms with van der Waals surface area (Å²) in [5, 5.41) is 11.9. The normalized spacial score (nSPS) is 21.1. The van der Waals surface area contributed by atoms with Crippen molar-refractivity contribution in [2.45, 2.75) is 26.2 Å². The van der Waals surface area contributed by atoms with Gasteiger partial charge in [-0.05, 0) is 38.3 Å². The molecule has 0 aromatic rings. The Bertz CT molecular complexity index is 363. The molecular weight excluding hydrogens is 256 g/mol. The van der Waals surface area contributed by atoms with Gasteiger partial charge in [0.1, 0.15) is 0 Å². The van der Waals surface area contributed by atoms with Crippen LogP contribution in [-0.4, -0.2) is 55.7 Å². The van der Waals surface area contributed by atoms with Crippen LogP contribution in [-0.2, 0) is 14.8 Å². The molecule has 0 radical (unpaired) electrons. The fourth-order valence-electron chi connectivity index (χ4n) is 2.21. The van der Waals surface area contributed by atoms with Crippen molar-refractivity contribution < 1.29 is 18.3 Å². The standard InChI is InChI=1S/C11H22N2O4S/c1-2-6-13(18(16,17)9-11(14)15)8-10-4-3-5-12-7-10/h10,12H,2-9H2,1H3,(H,14,15). The van der Waals surface area contributed by atoms with Gasteiger partial charge in [0.15, 0.2) is 5.75 Å². The molecule has 1 fully saturated rings. The van der Waals surface area contributed by atoms with E-state index in [0.717, 1.165) is 25.9 Å². The number of carbonyl (C=O) groups is 1. The summed E-state index contributed by atoms with van der Waals surface area (Å²) >= 11 is 0. The highest BCUT2D eigenvalue weighted by Gasteiger charge is 2.27. The van der Waals surface area contributed by atoms with Crippen LogP contribution in [0.5, 0.6) is 0 Å². The second-order valence-electron chi connectivity index (χ2n) is 4.72. The van der Waals surface area contributed by atoms with Crippen LogP contribution in [0.3, 0.4) is 0 Å². The minimum Gasteiger partial charge on any atom is -0.480 e. The quantitative estimate of drug-likeness (QED) is 0.690. The second kappa shape index (κ2) is 7.06. The number of carboxylic acids is 1. The van der Waals surface area contributed by atoms with E-state index in [1.807, 2.05) is 6.92 Å². The van der Waals surface area contributed by atoms with Crippen LogP contribution in [0.1, 0.15) is 26.2 Å².